The van der Waals surface area contributed by atoms with E-state index in [1.165, 1.54) is 30.6 Å². The molecule has 0 spiro atoms. The fourth-order valence-corrected chi connectivity index (χ4v) is 3.93. The van der Waals surface area contributed by atoms with E-state index in [0.717, 1.165) is 29.3 Å². The van der Waals surface area contributed by atoms with E-state index >= 15 is 0 Å². The van der Waals surface area contributed by atoms with E-state index in [1.54, 1.807) is 7.11 Å². The van der Waals surface area contributed by atoms with E-state index in [9.17, 15) is 4.79 Å². The van der Waals surface area contributed by atoms with Crippen LogP contribution >= 0.6 is 11.3 Å². The minimum absolute atomic E-state index is 0.00177. The van der Waals surface area contributed by atoms with Gasteiger partial charge in [0.25, 0.3) is 5.91 Å². The van der Waals surface area contributed by atoms with E-state index < -0.39 is 0 Å². The van der Waals surface area contributed by atoms with Crippen LogP contribution in [0.5, 0.6) is 5.75 Å². The van der Waals surface area contributed by atoms with Crippen LogP contribution in [0.3, 0.4) is 0 Å². The fourth-order valence-electron chi connectivity index (χ4n) is 3.29. The van der Waals surface area contributed by atoms with Crippen molar-refractivity contribution in [3.63, 3.8) is 0 Å². The molecule has 1 saturated heterocycles. The van der Waals surface area contributed by atoms with Crippen LogP contribution in [-0.4, -0.2) is 37.6 Å². The summed E-state index contributed by atoms with van der Waals surface area (Å²) in [6.07, 6.45) is 3.71. The van der Waals surface area contributed by atoms with Crippen LogP contribution in [-0.2, 0) is 0 Å². The summed E-state index contributed by atoms with van der Waals surface area (Å²) in [6.45, 7) is 2.73. The van der Waals surface area contributed by atoms with Gasteiger partial charge in [-0.25, -0.2) is 0 Å². The van der Waals surface area contributed by atoms with Crippen LogP contribution in [0.15, 0.2) is 41.8 Å². The van der Waals surface area contributed by atoms with Crippen LogP contribution in [0.25, 0.3) is 0 Å². The van der Waals surface area contributed by atoms with Crippen LogP contribution in [0.1, 0.15) is 40.5 Å². The summed E-state index contributed by atoms with van der Waals surface area (Å²) in [4.78, 5) is 15.6. The number of ether oxygens (including phenoxy) is 1. The van der Waals surface area contributed by atoms with Crippen molar-refractivity contribution in [2.24, 2.45) is 0 Å². The van der Waals surface area contributed by atoms with Gasteiger partial charge >= 0.3 is 0 Å². The quantitative estimate of drug-likeness (QED) is 0.868. The summed E-state index contributed by atoms with van der Waals surface area (Å²) in [5.74, 6) is 0.889. The predicted octanol–water partition coefficient (Wildman–Crippen LogP) is 3.71. The molecule has 0 radical (unpaired) electrons. The third-order valence-electron chi connectivity index (χ3n) is 4.53. The molecule has 1 fully saturated rings. The SMILES string of the molecule is COc1ccccc1C(CNC(=O)c1cccs1)N1CCCCC1. The van der Waals surface area contributed by atoms with Crippen LogP contribution in [0.4, 0.5) is 0 Å². The van der Waals surface area contributed by atoms with E-state index in [0.29, 0.717) is 6.54 Å². The molecule has 2 aromatic rings. The van der Waals surface area contributed by atoms with E-state index in [4.69, 9.17) is 4.74 Å². The Bertz CT molecular complexity index is 651. The Morgan fingerprint density at radius 3 is 2.71 bits per heavy atom. The van der Waals surface area contributed by atoms with Gasteiger partial charge in [0.1, 0.15) is 5.75 Å². The number of nitrogens with zero attached hydrogens (tertiary/aromatic N) is 1. The minimum atomic E-state index is 0.00177. The number of hydrogen-bond donors (Lipinski definition) is 1. The molecule has 4 nitrogen and oxygen atoms in total. The highest BCUT2D eigenvalue weighted by Gasteiger charge is 2.25. The number of piperidine rings is 1. The molecule has 0 saturated carbocycles. The molecule has 5 heteroatoms. The Balaban J connectivity index is 1.78. The predicted molar refractivity (Wildman–Crippen MR) is 97.8 cm³/mol. The summed E-state index contributed by atoms with van der Waals surface area (Å²) in [5.41, 5.74) is 1.15. The van der Waals surface area contributed by atoms with Gasteiger partial charge in [-0.1, -0.05) is 30.7 Å². The Hall–Kier alpha value is -1.85. The molecule has 1 aromatic carbocycles. The van der Waals surface area contributed by atoms with Gasteiger partial charge in [-0.3, -0.25) is 9.69 Å². The van der Waals surface area contributed by atoms with Crippen molar-refractivity contribution < 1.29 is 9.53 Å². The molecule has 24 heavy (non-hydrogen) atoms. The van der Waals surface area contributed by atoms with Crippen LogP contribution < -0.4 is 10.1 Å². The number of benzene rings is 1. The molecule has 1 aliphatic heterocycles. The fraction of sp³-hybridized carbons (Fsp3) is 0.421. The summed E-state index contributed by atoms with van der Waals surface area (Å²) in [7, 11) is 1.70. The van der Waals surface area contributed by atoms with Gasteiger partial charge in [-0.15, -0.1) is 11.3 Å². The molecule has 1 aliphatic rings. The molecule has 2 heterocycles. The lowest BCUT2D eigenvalue weighted by Crippen LogP contribution is -2.40. The van der Waals surface area contributed by atoms with Gasteiger partial charge in [-0.05, 0) is 43.4 Å². The second-order valence-electron chi connectivity index (χ2n) is 6.04. The van der Waals surface area contributed by atoms with Crippen molar-refractivity contribution >= 4 is 17.2 Å². The maximum absolute atomic E-state index is 12.3. The zero-order valence-electron chi connectivity index (χ0n) is 14.0. The summed E-state index contributed by atoms with van der Waals surface area (Å²) in [5, 5.41) is 5.03. The topological polar surface area (TPSA) is 41.6 Å². The van der Waals surface area contributed by atoms with Crippen LogP contribution in [0, 0.1) is 0 Å². The second-order valence-corrected chi connectivity index (χ2v) is 6.99. The van der Waals surface area contributed by atoms with Crippen molar-refractivity contribution in [3.05, 3.63) is 52.2 Å². The summed E-state index contributed by atoms with van der Waals surface area (Å²) >= 11 is 1.47. The molecule has 3 rings (SSSR count). The number of carbonyl (C=O) groups is 1. The third kappa shape index (κ3) is 3.97. The largest absolute Gasteiger partial charge is 0.496 e. The molecular formula is C19H24N2O2S. The first-order valence-corrected chi connectivity index (χ1v) is 9.36. The molecular weight excluding hydrogens is 320 g/mol. The van der Waals surface area contributed by atoms with Crippen molar-refractivity contribution in [2.45, 2.75) is 25.3 Å². The van der Waals surface area contributed by atoms with E-state index in [-0.39, 0.29) is 11.9 Å². The highest BCUT2D eigenvalue weighted by Crippen LogP contribution is 2.31. The lowest BCUT2D eigenvalue weighted by atomic mass is 10.0. The zero-order chi connectivity index (χ0) is 16.8. The third-order valence-corrected chi connectivity index (χ3v) is 5.40. The number of rotatable bonds is 6. The van der Waals surface area contributed by atoms with Gasteiger partial charge in [0.15, 0.2) is 0 Å². The summed E-state index contributed by atoms with van der Waals surface area (Å²) < 4.78 is 5.56. The van der Waals surface area contributed by atoms with Crippen molar-refractivity contribution in [1.82, 2.24) is 10.2 Å². The normalized spacial score (nSPS) is 16.5. The molecule has 1 atom stereocenters. The van der Waals surface area contributed by atoms with E-state index in [1.807, 2.05) is 35.7 Å². The highest BCUT2D eigenvalue weighted by molar-refractivity contribution is 7.12. The smallest absolute Gasteiger partial charge is 0.261 e. The van der Waals surface area contributed by atoms with Gasteiger partial charge in [0, 0.05) is 12.1 Å². The number of amides is 1. The van der Waals surface area contributed by atoms with Gasteiger partial charge in [-0.2, -0.15) is 0 Å². The van der Waals surface area contributed by atoms with E-state index in [2.05, 4.69) is 16.3 Å². The van der Waals surface area contributed by atoms with Crippen molar-refractivity contribution in [3.8, 4) is 5.75 Å². The number of thiophene rings is 1. The van der Waals surface area contributed by atoms with Crippen LogP contribution in [0.2, 0.25) is 0 Å². The molecule has 1 amide bonds. The first kappa shape index (κ1) is 17.0. The first-order chi connectivity index (χ1) is 11.8. The van der Waals surface area contributed by atoms with Crippen molar-refractivity contribution in [2.75, 3.05) is 26.7 Å². The van der Waals surface area contributed by atoms with Gasteiger partial charge in [0.2, 0.25) is 0 Å². The average molecular weight is 344 g/mol. The Kier molecular flexibility index (Phi) is 5.88. The minimum Gasteiger partial charge on any atom is -0.496 e. The van der Waals surface area contributed by atoms with Gasteiger partial charge < -0.3 is 10.1 Å². The lowest BCUT2D eigenvalue weighted by molar-refractivity contribution is 0.0927. The standard InChI is InChI=1S/C19H24N2O2S/c1-23-17-9-4-3-8-15(17)16(21-11-5-2-6-12-21)14-20-19(22)18-10-7-13-24-18/h3-4,7-10,13,16H,2,5-6,11-12,14H2,1H3,(H,20,22). The first-order valence-electron chi connectivity index (χ1n) is 8.48. The maximum atomic E-state index is 12.3. The number of carbonyl (C=O) groups excluding carboxylic acids is 1. The molecule has 0 aliphatic carbocycles. The molecule has 0 bridgehead atoms. The molecule has 1 N–H and O–H groups in total. The Morgan fingerprint density at radius 2 is 2.00 bits per heavy atom. The molecule has 1 aromatic heterocycles. The van der Waals surface area contributed by atoms with Gasteiger partial charge in [0.05, 0.1) is 18.0 Å². The number of nitrogens with one attached hydrogen (secondary N) is 1. The molecule has 128 valence electrons. The number of likely N-dealkylation sites (tertiary alicyclic amines) is 1. The van der Waals surface area contributed by atoms with Crippen molar-refractivity contribution in [1.29, 1.82) is 0 Å². The average Bonchev–Trinajstić information content (AvgIpc) is 3.18. The molecule has 1 unspecified atom stereocenters. The summed E-state index contributed by atoms with van der Waals surface area (Å²) in [6, 6.07) is 12.0. The highest BCUT2D eigenvalue weighted by atomic mass is 32.1. The zero-order valence-corrected chi connectivity index (χ0v) is 14.8. The monoisotopic (exact) mass is 344 g/mol. The maximum Gasteiger partial charge on any atom is 0.261 e. The number of hydrogen-bond acceptors (Lipinski definition) is 4. The Labute approximate surface area is 147 Å². The second kappa shape index (κ2) is 8.31. The number of para-hydroxylation sites is 1. The lowest BCUT2D eigenvalue weighted by Gasteiger charge is -2.35. The number of methoxy groups -OCH3 is 1. The Morgan fingerprint density at radius 1 is 1.21 bits per heavy atom.